The number of halogens is 1. The van der Waals surface area contributed by atoms with Gasteiger partial charge in [-0.2, -0.15) is 0 Å². The van der Waals surface area contributed by atoms with E-state index in [0.29, 0.717) is 0 Å². The zero-order valence-corrected chi connectivity index (χ0v) is 14.3. The quantitative estimate of drug-likeness (QED) is 0.189. The molecular formula is C12H14ClN5O5S. The van der Waals surface area contributed by atoms with Gasteiger partial charge in [0.1, 0.15) is 18.7 Å². The molecule has 0 radical (unpaired) electrons. The lowest BCUT2D eigenvalue weighted by Crippen LogP contribution is -2.74. The Balaban J connectivity index is 2.17. The van der Waals surface area contributed by atoms with Gasteiger partial charge in [0.15, 0.2) is 10.8 Å². The minimum absolute atomic E-state index is 0.127. The van der Waals surface area contributed by atoms with E-state index in [4.69, 9.17) is 16.3 Å². The van der Waals surface area contributed by atoms with E-state index in [1.165, 1.54) is 19.6 Å². The molecule has 130 valence electrons. The van der Waals surface area contributed by atoms with E-state index >= 15 is 0 Å². The van der Waals surface area contributed by atoms with Gasteiger partial charge in [0.2, 0.25) is 11.6 Å². The Bertz CT molecular complexity index is 689. The number of amides is 3. The zero-order chi connectivity index (χ0) is 17.7. The predicted molar refractivity (Wildman–Crippen MR) is 85.9 cm³/mol. The highest BCUT2D eigenvalue weighted by atomic mass is 35.5. The van der Waals surface area contributed by atoms with Crippen LogP contribution in [0.3, 0.4) is 0 Å². The molecule has 12 heteroatoms. The van der Waals surface area contributed by atoms with Crippen molar-refractivity contribution in [3.8, 4) is 0 Å². The van der Waals surface area contributed by atoms with E-state index in [-0.39, 0.29) is 29.0 Å². The Labute approximate surface area is 145 Å². The minimum Gasteiger partial charge on any atom is -0.398 e. The Morgan fingerprint density at radius 3 is 2.79 bits per heavy atom. The van der Waals surface area contributed by atoms with Crippen LogP contribution in [0.4, 0.5) is 5.13 Å². The van der Waals surface area contributed by atoms with E-state index < -0.39 is 23.4 Å². The molecule has 1 aromatic rings. The van der Waals surface area contributed by atoms with Crippen molar-refractivity contribution in [3.05, 3.63) is 11.1 Å². The van der Waals surface area contributed by atoms with Crippen LogP contribution in [-0.2, 0) is 24.0 Å². The highest BCUT2D eigenvalue weighted by Gasteiger charge is 2.49. The summed E-state index contributed by atoms with van der Waals surface area (Å²) in [7, 11) is 2.56. The fourth-order valence-corrected chi connectivity index (χ4v) is 2.55. The largest absolute Gasteiger partial charge is 0.398 e. The van der Waals surface area contributed by atoms with Gasteiger partial charge in [-0.3, -0.25) is 14.4 Å². The molecule has 3 N–H and O–H groups in total. The maximum absolute atomic E-state index is 12.4. The Morgan fingerprint density at radius 1 is 1.54 bits per heavy atom. The van der Waals surface area contributed by atoms with Gasteiger partial charge in [-0.1, -0.05) is 5.16 Å². The number of thiazole rings is 1. The predicted octanol–water partition coefficient (Wildman–Crippen LogP) is -0.740. The van der Waals surface area contributed by atoms with Gasteiger partial charge >= 0.3 is 0 Å². The van der Waals surface area contributed by atoms with E-state index in [1.54, 1.807) is 0 Å². The summed E-state index contributed by atoms with van der Waals surface area (Å²) in [5, 5.41) is 12.8. The fraction of sp³-hybridized carbons (Fsp3) is 0.417. The van der Waals surface area contributed by atoms with Crippen molar-refractivity contribution >= 4 is 51.5 Å². The molecule has 0 aliphatic carbocycles. The molecule has 1 saturated heterocycles. The Hall–Kier alpha value is -2.24. The number of hydrogen-bond acceptors (Lipinski definition) is 8. The molecule has 3 amide bonds. The maximum Gasteiger partial charge on any atom is 0.278 e. The number of ether oxygens (including phenoxy) is 1. The number of anilines is 1. The van der Waals surface area contributed by atoms with Crippen LogP contribution >= 0.6 is 22.9 Å². The number of rotatable bonds is 7. The first-order valence-corrected chi connectivity index (χ1v) is 7.96. The van der Waals surface area contributed by atoms with Crippen molar-refractivity contribution < 1.29 is 24.0 Å². The molecule has 1 atom stereocenters. The Morgan fingerprint density at radius 2 is 2.29 bits per heavy atom. The monoisotopic (exact) mass is 375 g/mol. The summed E-state index contributed by atoms with van der Waals surface area (Å²) >= 11 is 6.48. The van der Waals surface area contributed by atoms with E-state index in [2.05, 4.69) is 30.9 Å². The Kier molecular flexibility index (Phi) is 5.70. The van der Waals surface area contributed by atoms with Crippen LogP contribution in [0.15, 0.2) is 10.5 Å². The first kappa shape index (κ1) is 18.1. The second-order valence-electron chi connectivity index (χ2n) is 4.51. The average molecular weight is 376 g/mol. The first-order chi connectivity index (χ1) is 11.5. The molecule has 1 aliphatic heterocycles. The van der Waals surface area contributed by atoms with Crippen LogP contribution in [0.25, 0.3) is 0 Å². The number of aromatic nitrogens is 1. The molecule has 1 fully saturated rings. The van der Waals surface area contributed by atoms with Crippen LogP contribution in [0.1, 0.15) is 5.69 Å². The summed E-state index contributed by atoms with van der Waals surface area (Å²) in [6, 6.07) is 0. The molecule has 2 rings (SSSR count). The van der Waals surface area contributed by atoms with Crippen molar-refractivity contribution in [2.45, 2.75) is 5.72 Å². The van der Waals surface area contributed by atoms with Crippen molar-refractivity contribution in [1.82, 2.24) is 15.6 Å². The lowest BCUT2D eigenvalue weighted by molar-refractivity contribution is -0.165. The van der Waals surface area contributed by atoms with Crippen LogP contribution in [-0.4, -0.2) is 60.8 Å². The molecule has 2 heterocycles. The van der Waals surface area contributed by atoms with Gasteiger partial charge < -0.3 is 25.5 Å². The lowest BCUT2D eigenvalue weighted by atomic mass is 10.1. The van der Waals surface area contributed by atoms with Gasteiger partial charge in [-0.25, -0.2) is 4.98 Å². The van der Waals surface area contributed by atoms with Gasteiger partial charge in [0, 0.05) is 12.5 Å². The van der Waals surface area contributed by atoms with Crippen LogP contribution < -0.4 is 16.0 Å². The van der Waals surface area contributed by atoms with E-state index in [0.717, 1.165) is 11.3 Å². The second kappa shape index (κ2) is 7.55. The molecule has 0 spiro atoms. The molecule has 1 aliphatic rings. The van der Waals surface area contributed by atoms with Crippen LogP contribution in [0.5, 0.6) is 0 Å². The number of methoxy groups -OCH3 is 1. The molecule has 1 unspecified atom stereocenters. The minimum atomic E-state index is -1.45. The van der Waals surface area contributed by atoms with E-state index in [9.17, 15) is 14.4 Å². The molecule has 1 aromatic heterocycles. The SMILES string of the molecule is CO/N=C(\C(=O)NC1(OC)CNC1=O)c1csc(NC(=O)CCl)n1. The van der Waals surface area contributed by atoms with Crippen LogP contribution in [0, 0.1) is 0 Å². The number of β-lactam (4-membered cyclic amide) rings is 1. The summed E-state index contributed by atoms with van der Waals surface area (Å²) < 4.78 is 5.06. The van der Waals surface area contributed by atoms with Crippen molar-refractivity contribution in [2.75, 3.05) is 32.0 Å². The van der Waals surface area contributed by atoms with Crippen LogP contribution in [0.2, 0.25) is 0 Å². The molecule has 24 heavy (non-hydrogen) atoms. The third-order valence-corrected chi connectivity index (χ3v) is 4.04. The number of carbonyl (C=O) groups is 3. The van der Waals surface area contributed by atoms with Crippen molar-refractivity contribution in [3.63, 3.8) is 0 Å². The summed E-state index contributed by atoms with van der Waals surface area (Å²) in [6.07, 6.45) is 0. The lowest BCUT2D eigenvalue weighted by Gasteiger charge is -2.39. The number of carbonyl (C=O) groups excluding carboxylic acids is 3. The number of nitrogens with one attached hydrogen (secondary N) is 3. The van der Waals surface area contributed by atoms with Gasteiger partial charge in [-0.15, -0.1) is 22.9 Å². The topological polar surface area (TPSA) is 131 Å². The number of hydrogen-bond donors (Lipinski definition) is 3. The average Bonchev–Trinajstić information content (AvgIpc) is 3.03. The normalized spacial score (nSPS) is 20.0. The molecule has 0 bridgehead atoms. The standard InChI is InChI=1S/C12H14ClN5O5S/c1-22-12(5-14-10(12)21)17-9(20)8(18-23-2)6-4-24-11(15-6)16-7(19)3-13/h4H,3,5H2,1-2H3,(H,14,21)(H,17,20)(H,15,16,19)/b18-8-. The van der Waals surface area contributed by atoms with Crippen molar-refractivity contribution in [2.24, 2.45) is 5.16 Å². The van der Waals surface area contributed by atoms with Crippen molar-refractivity contribution in [1.29, 1.82) is 0 Å². The van der Waals surface area contributed by atoms with Gasteiger partial charge in [0.25, 0.3) is 11.8 Å². The second-order valence-corrected chi connectivity index (χ2v) is 5.64. The smallest absolute Gasteiger partial charge is 0.278 e. The molecule has 0 aromatic carbocycles. The van der Waals surface area contributed by atoms with Gasteiger partial charge in [-0.05, 0) is 0 Å². The summed E-state index contributed by atoms with van der Waals surface area (Å²) in [6.45, 7) is 0.127. The highest BCUT2D eigenvalue weighted by Crippen LogP contribution is 2.18. The summed E-state index contributed by atoms with van der Waals surface area (Å²) in [4.78, 5) is 44.0. The third-order valence-electron chi connectivity index (χ3n) is 3.04. The molecular weight excluding hydrogens is 362 g/mol. The first-order valence-electron chi connectivity index (χ1n) is 6.54. The van der Waals surface area contributed by atoms with E-state index in [1.807, 2.05) is 0 Å². The fourth-order valence-electron chi connectivity index (χ4n) is 1.77. The molecule has 10 nitrogen and oxygen atoms in total. The number of alkyl halides is 1. The maximum atomic E-state index is 12.4. The van der Waals surface area contributed by atoms with Gasteiger partial charge in [0.05, 0.1) is 6.54 Å². The zero-order valence-electron chi connectivity index (χ0n) is 12.7. The summed E-state index contributed by atoms with van der Waals surface area (Å²) in [5.41, 5.74) is -1.46. The molecule has 0 saturated carbocycles. The third kappa shape index (κ3) is 3.63. The summed E-state index contributed by atoms with van der Waals surface area (Å²) in [5.74, 6) is -1.84. The number of nitrogens with zero attached hydrogens (tertiary/aromatic N) is 2. The highest BCUT2D eigenvalue weighted by molar-refractivity contribution is 7.14. The number of oxime groups is 1.